The van der Waals surface area contributed by atoms with Crippen molar-refractivity contribution < 1.29 is 9.32 Å². The highest BCUT2D eigenvalue weighted by Gasteiger charge is 2.14. The fourth-order valence-electron chi connectivity index (χ4n) is 2.45. The van der Waals surface area contributed by atoms with Crippen molar-refractivity contribution in [3.05, 3.63) is 81.5 Å². The van der Waals surface area contributed by atoms with Gasteiger partial charge in [-0.2, -0.15) is 0 Å². The number of hydrogen-bond acceptors (Lipinski definition) is 4. The molecule has 1 aromatic carbocycles. The molecule has 0 saturated carbocycles. The van der Waals surface area contributed by atoms with Crippen LogP contribution in [-0.4, -0.2) is 15.6 Å². The summed E-state index contributed by atoms with van der Waals surface area (Å²) in [6.45, 7) is 4.42. The third-order valence-electron chi connectivity index (χ3n) is 3.79. The maximum Gasteiger partial charge on any atom is 0.263 e. The van der Waals surface area contributed by atoms with Crippen molar-refractivity contribution in [2.24, 2.45) is 0 Å². The van der Waals surface area contributed by atoms with E-state index >= 15 is 0 Å². The van der Waals surface area contributed by atoms with Crippen LogP contribution >= 0.6 is 0 Å². The van der Waals surface area contributed by atoms with Crippen LogP contribution in [0.4, 0.5) is 5.82 Å². The molecule has 0 radical (unpaired) electrons. The van der Waals surface area contributed by atoms with Crippen molar-refractivity contribution in [3.63, 3.8) is 0 Å². The van der Waals surface area contributed by atoms with Gasteiger partial charge in [-0.3, -0.25) is 9.59 Å². The molecule has 24 heavy (non-hydrogen) atoms. The number of amides is 1. The van der Waals surface area contributed by atoms with Crippen LogP contribution < -0.4 is 10.9 Å². The van der Waals surface area contributed by atoms with E-state index in [4.69, 9.17) is 0 Å². The Morgan fingerprint density at radius 2 is 2.08 bits per heavy atom. The van der Waals surface area contributed by atoms with E-state index in [1.807, 2.05) is 32.0 Å². The molecule has 0 spiro atoms. The zero-order valence-electron chi connectivity index (χ0n) is 13.4. The number of nitrogens with zero attached hydrogens (tertiary/aromatic N) is 2. The fourth-order valence-corrected chi connectivity index (χ4v) is 2.45. The molecule has 0 saturated heterocycles. The molecule has 0 bridgehead atoms. The van der Waals surface area contributed by atoms with E-state index in [9.17, 15) is 9.59 Å². The number of anilines is 1. The molecule has 0 unspecified atom stereocenters. The second-order valence-electron chi connectivity index (χ2n) is 5.62. The van der Waals surface area contributed by atoms with Crippen LogP contribution in [0.15, 0.2) is 58.2 Å². The fraction of sp³-hybridized carbons (Fsp3) is 0.167. The molecule has 2 heterocycles. The smallest absolute Gasteiger partial charge is 0.263 e. The van der Waals surface area contributed by atoms with Crippen LogP contribution in [0.25, 0.3) is 0 Å². The summed E-state index contributed by atoms with van der Waals surface area (Å²) < 4.78 is 6.19. The molecule has 1 amide bonds. The summed E-state index contributed by atoms with van der Waals surface area (Å²) >= 11 is 0. The standard InChI is InChI=1S/C18H17N3O3/c1-12-5-6-13(2)14(10-12)11-21-8-3-4-15(18(21)23)17(22)19-16-7-9-24-20-16/h3-10H,11H2,1-2H3,(H,19,20,22). The van der Waals surface area contributed by atoms with Crippen LogP contribution in [0.1, 0.15) is 27.0 Å². The second kappa shape index (κ2) is 6.54. The lowest BCUT2D eigenvalue weighted by molar-refractivity contribution is 0.102. The van der Waals surface area contributed by atoms with Crippen molar-refractivity contribution in [1.29, 1.82) is 0 Å². The first-order chi connectivity index (χ1) is 11.5. The Kier molecular flexibility index (Phi) is 4.29. The van der Waals surface area contributed by atoms with Gasteiger partial charge in [0, 0.05) is 12.3 Å². The van der Waals surface area contributed by atoms with E-state index in [0.717, 1.165) is 16.7 Å². The molecule has 2 aromatic heterocycles. The van der Waals surface area contributed by atoms with Gasteiger partial charge in [0.15, 0.2) is 5.82 Å². The van der Waals surface area contributed by atoms with Gasteiger partial charge >= 0.3 is 0 Å². The van der Waals surface area contributed by atoms with Crippen molar-refractivity contribution in [1.82, 2.24) is 9.72 Å². The Morgan fingerprint density at radius 3 is 2.83 bits per heavy atom. The van der Waals surface area contributed by atoms with Gasteiger partial charge in [-0.25, -0.2) is 0 Å². The highest BCUT2D eigenvalue weighted by molar-refractivity contribution is 6.03. The first-order valence-corrected chi connectivity index (χ1v) is 7.52. The predicted molar refractivity (Wildman–Crippen MR) is 90.2 cm³/mol. The maximum atomic E-state index is 12.6. The van der Waals surface area contributed by atoms with Gasteiger partial charge in [0.05, 0.1) is 6.54 Å². The Morgan fingerprint density at radius 1 is 1.25 bits per heavy atom. The lowest BCUT2D eigenvalue weighted by atomic mass is 10.1. The summed E-state index contributed by atoms with van der Waals surface area (Å²) in [7, 11) is 0. The number of hydrogen-bond donors (Lipinski definition) is 1. The molecule has 0 aliphatic carbocycles. The van der Waals surface area contributed by atoms with E-state index in [2.05, 4.69) is 15.0 Å². The van der Waals surface area contributed by atoms with Gasteiger partial charge in [-0.15, -0.1) is 0 Å². The van der Waals surface area contributed by atoms with Crippen LogP contribution in [0, 0.1) is 13.8 Å². The molecule has 0 atom stereocenters. The summed E-state index contributed by atoms with van der Waals surface area (Å²) in [5.41, 5.74) is 2.99. The number of carbonyl (C=O) groups excluding carboxylic acids is 1. The number of rotatable bonds is 4. The molecule has 1 N–H and O–H groups in total. The third kappa shape index (κ3) is 3.27. The second-order valence-corrected chi connectivity index (χ2v) is 5.62. The normalized spacial score (nSPS) is 10.6. The van der Waals surface area contributed by atoms with E-state index in [1.165, 1.54) is 23.0 Å². The topological polar surface area (TPSA) is 77.1 Å². The monoisotopic (exact) mass is 323 g/mol. The van der Waals surface area contributed by atoms with Gasteiger partial charge in [0.2, 0.25) is 0 Å². The van der Waals surface area contributed by atoms with Crippen LogP contribution in [-0.2, 0) is 6.54 Å². The van der Waals surface area contributed by atoms with Gasteiger partial charge < -0.3 is 14.4 Å². The van der Waals surface area contributed by atoms with Gasteiger partial charge in [0.1, 0.15) is 11.8 Å². The van der Waals surface area contributed by atoms with Crippen molar-refractivity contribution in [2.75, 3.05) is 5.32 Å². The van der Waals surface area contributed by atoms with Crippen molar-refractivity contribution in [3.8, 4) is 0 Å². The van der Waals surface area contributed by atoms with E-state index in [1.54, 1.807) is 12.3 Å². The van der Waals surface area contributed by atoms with E-state index in [0.29, 0.717) is 6.54 Å². The number of carbonyl (C=O) groups is 1. The summed E-state index contributed by atoms with van der Waals surface area (Å²) in [6, 6.07) is 10.8. The summed E-state index contributed by atoms with van der Waals surface area (Å²) in [4.78, 5) is 24.9. The number of aromatic nitrogens is 2. The molecule has 0 fully saturated rings. The van der Waals surface area contributed by atoms with Crippen molar-refractivity contribution >= 4 is 11.7 Å². The van der Waals surface area contributed by atoms with Gasteiger partial charge in [-0.1, -0.05) is 28.9 Å². The lowest BCUT2D eigenvalue weighted by Crippen LogP contribution is -2.29. The third-order valence-corrected chi connectivity index (χ3v) is 3.79. The molecule has 3 rings (SSSR count). The molecule has 0 aliphatic heterocycles. The van der Waals surface area contributed by atoms with E-state index < -0.39 is 5.91 Å². The Bertz CT molecular complexity index is 927. The van der Waals surface area contributed by atoms with E-state index in [-0.39, 0.29) is 16.9 Å². The molecule has 0 aliphatic rings. The van der Waals surface area contributed by atoms with Crippen LogP contribution in [0.3, 0.4) is 0 Å². The number of aryl methyl sites for hydroxylation is 2. The average Bonchev–Trinajstić information content (AvgIpc) is 3.05. The SMILES string of the molecule is Cc1ccc(C)c(Cn2cccc(C(=O)Nc3ccon3)c2=O)c1. The molecular weight excluding hydrogens is 306 g/mol. The lowest BCUT2D eigenvalue weighted by Gasteiger charge is -2.11. The van der Waals surface area contributed by atoms with Gasteiger partial charge in [0.25, 0.3) is 11.5 Å². The number of pyridine rings is 1. The molecule has 6 heteroatoms. The molecular formula is C18H17N3O3. The number of benzene rings is 1. The Hall–Kier alpha value is -3.15. The number of nitrogens with one attached hydrogen (secondary N) is 1. The first kappa shape index (κ1) is 15.7. The Labute approximate surface area is 138 Å². The largest absolute Gasteiger partial charge is 0.363 e. The predicted octanol–water partition coefficient (Wildman–Crippen LogP) is 2.75. The molecule has 3 aromatic rings. The van der Waals surface area contributed by atoms with Gasteiger partial charge in [-0.05, 0) is 37.1 Å². The summed E-state index contributed by atoms with van der Waals surface area (Å²) in [5.74, 6) is -0.242. The first-order valence-electron chi connectivity index (χ1n) is 7.52. The molecule has 122 valence electrons. The minimum absolute atomic E-state index is 0.0609. The van der Waals surface area contributed by atoms with Crippen LogP contribution in [0.5, 0.6) is 0 Å². The minimum atomic E-state index is -0.510. The summed E-state index contributed by atoms with van der Waals surface area (Å²) in [5, 5.41) is 6.14. The maximum absolute atomic E-state index is 12.6. The van der Waals surface area contributed by atoms with Crippen molar-refractivity contribution in [2.45, 2.75) is 20.4 Å². The zero-order chi connectivity index (χ0) is 17.1. The quantitative estimate of drug-likeness (QED) is 0.801. The zero-order valence-corrected chi connectivity index (χ0v) is 13.4. The highest BCUT2D eigenvalue weighted by atomic mass is 16.5. The Balaban J connectivity index is 1.89. The van der Waals surface area contributed by atoms with Crippen LogP contribution in [0.2, 0.25) is 0 Å². The highest BCUT2D eigenvalue weighted by Crippen LogP contribution is 2.12. The minimum Gasteiger partial charge on any atom is -0.363 e. The summed E-state index contributed by atoms with van der Waals surface area (Å²) in [6.07, 6.45) is 3.02. The average molecular weight is 323 g/mol. The molecule has 6 nitrogen and oxygen atoms in total.